The molecule has 3 heterocycles. The van der Waals surface area contributed by atoms with Gasteiger partial charge in [-0.1, -0.05) is 23.7 Å². The third kappa shape index (κ3) is 2.54. The van der Waals surface area contributed by atoms with Crippen LogP contribution in [0.15, 0.2) is 33.9 Å². The number of aromatic nitrogens is 4. The van der Waals surface area contributed by atoms with Crippen LogP contribution in [0.4, 0.5) is 5.95 Å². The Morgan fingerprint density at radius 2 is 1.88 bits per heavy atom. The van der Waals surface area contributed by atoms with Crippen LogP contribution in [0.3, 0.4) is 0 Å². The number of fused-ring (bicyclic) bond motifs is 1. The van der Waals surface area contributed by atoms with E-state index < -0.39 is 11.2 Å². The molecule has 1 aliphatic heterocycles. The number of para-hydroxylation sites is 1. The van der Waals surface area contributed by atoms with E-state index in [4.69, 9.17) is 11.6 Å². The lowest BCUT2D eigenvalue weighted by molar-refractivity contribution is 0.578. The fourth-order valence-electron chi connectivity index (χ4n) is 3.11. The Hall–Kier alpha value is -2.58. The molecule has 0 spiro atoms. The van der Waals surface area contributed by atoms with Crippen LogP contribution in [0.2, 0.25) is 5.02 Å². The molecule has 0 amide bonds. The van der Waals surface area contributed by atoms with Crippen molar-refractivity contribution in [1.82, 2.24) is 24.4 Å². The highest BCUT2D eigenvalue weighted by atomic mass is 35.5. The van der Waals surface area contributed by atoms with Gasteiger partial charge in [0.25, 0.3) is 5.56 Å². The SMILES string of the molecule is Cn1c(=O)[nH]c(=O)c2c1nc(N1CCNCC1)n2-c1ccccc1Cl. The molecular formula is C16H17ClN6O2. The molecule has 130 valence electrons. The number of aromatic amines is 1. The first-order chi connectivity index (χ1) is 12.1. The lowest BCUT2D eigenvalue weighted by Crippen LogP contribution is -2.44. The molecule has 0 atom stereocenters. The smallest absolute Gasteiger partial charge is 0.329 e. The van der Waals surface area contributed by atoms with Crippen molar-refractivity contribution in [3.8, 4) is 5.69 Å². The number of nitrogens with one attached hydrogen (secondary N) is 2. The highest BCUT2D eigenvalue weighted by molar-refractivity contribution is 6.32. The van der Waals surface area contributed by atoms with Crippen molar-refractivity contribution in [2.75, 3.05) is 31.1 Å². The maximum atomic E-state index is 12.5. The van der Waals surface area contributed by atoms with Gasteiger partial charge in [-0.05, 0) is 12.1 Å². The minimum absolute atomic E-state index is 0.309. The Labute approximate surface area is 147 Å². The number of aryl methyl sites for hydroxylation is 1. The molecule has 1 aliphatic rings. The number of H-pyrrole nitrogens is 1. The molecule has 9 heteroatoms. The van der Waals surface area contributed by atoms with E-state index in [1.807, 2.05) is 18.2 Å². The minimum Gasteiger partial charge on any atom is -0.339 e. The largest absolute Gasteiger partial charge is 0.339 e. The zero-order valence-electron chi connectivity index (χ0n) is 13.6. The Balaban J connectivity index is 2.10. The Bertz CT molecular complexity index is 1060. The molecule has 0 bridgehead atoms. The van der Waals surface area contributed by atoms with Crippen LogP contribution in [0.5, 0.6) is 0 Å². The summed E-state index contributed by atoms with van der Waals surface area (Å²) >= 11 is 6.39. The van der Waals surface area contributed by atoms with Gasteiger partial charge in [0, 0.05) is 33.2 Å². The van der Waals surface area contributed by atoms with Crippen LogP contribution >= 0.6 is 11.6 Å². The number of imidazole rings is 1. The number of piperazine rings is 1. The van der Waals surface area contributed by atoms with E-state index in [2.05, 4.69) is 20.2 Å². The minimum atomic E-state index is -0.492. The van der Waals surface area contributed by atoms with Gasteiger partial charge in [-0.3, -0.25) is 18.9 Å². The summed E-state index contributed by atoms with van der Waals surface area (Å²) in [6.45, 7) is 3.14. The Morgan fingerprint density at radius 3 is 2.60 bits per heavy atom. The molecule has 4 rings (SSSR count). The Morgan fingerprint density at radius 1 is 1.16 bits per heavy atom. The second-order valence-corrected chi connectivity index (χ2v) is 6.33. The van der Waals surface area contributed by atoms with Gasteiger partial charge in [0.1, 0.15) is 0 Å². The van der Waals surface area contributed by atoms with Gasteiger partial charge in [0.2, 0.25) is 5.95 Å². The first-order valence-electron chi connectivity index (χ1n) is 8.00. The summed E-state index contributed by atoms with van der Waals surface area (Å²) in [6.07, 6.45) is 0. The van der Waals surface area contributed by atoms with E-state index in [0.717, 1.165) is 26.2 Å². The summed E-state index contributed by atoms with van der Waals surface area (Å²) in [4.78, 5) is 33.6. The molecule has 1 fully saturated rings. The normalized spacial score (nSPS) is 15.0. The molecule has 2 aromatic heterocycles. The van der Waals surface area contributed by atoms with Crippen molar-refractivity contribution in [2.24, 2.45) is 7.05 Å². The van der Waals surface area contributed by atoms with Gasteiger partial charge >= 0.3 is 5.69 Å². The van der Waals surface area contributed by atoms with Crippen LogP contribution in [0.1, 0.15) is 0 Å². The molecule has 0 unspecified atom stereocenters. The summed E-state index contributed by atoms with van der Waals surface area (Å²) < 4.78 is 3.08. The molecule has 8 nitrogen and oxygen atoms in total. The average molecular weight is 361 g/mol. The fourth-order valence-corrected chi connectivity index (χ4v) is 3.33. The van der Waals surface area contributed by atoms with Gasteiger partial charge in [-0.2, -0.15) is 4.98 Å². The molecule has 1 saturated heterocycles. The number of anilines is 1. The van der Waals surface area contributed by atoms with Crippen LogP contribution in [-0.4, -0.2) is 45.3 Å². The maximum Gasteiger partial charge on any atom is 0.329 e. The molecule has 0 radical (unpaired) electrons. The van der Waals surface area contributed by atoms with E-state index >= 15 is 0 Å². The maximum absolute atomic E-state index is 12.5. The van der Waals surface area contributed by atoms with Crippen molar-refractivity contribution >= 4 is 28.7 Å². The number of halogens is 1. The summed E-state index contributed by atoms with van der Waals surface area (Å²) in [6, 6.07) is 7.28. The van der Waals surface area contributed by atoms with Crippen molar-refractivity contribution in [2.45, 2.75) is 0 Å². The zero-order chi connectivity index (χ0) is 17.6. The molecule has 25 heavy (non-hydrogen) atoms. The molecule has 0 saturated carbocycles. The topological polar surface area (TPSA) is 87.9 Å². The van der Waals surface area contributed by atoms with Crippen LogP contribution in [0, 0.1) is 0 Å². The van der Waals surface area contributed by atoms with Crippen molar-refractivity contribution in [1.29, 1.82) is 0 Å². The molecule has 3 aromatic rings. The fraction of sp³-hybridized carbons (Fsp3) is 0.312. The van der Waals surface area contributed by atoms with Crippen molar-refractivity contribution in [3.63, 3.8) is 0 Å². The van der Waals surface area contributed by atoms with E-state index in [-0.39, 0.29) is 0 Å². The van der Waals surface area contributed by atoms with Gasteiger partial charge in [-0.25, -0.2) is 4.79 Å². The number of rotatable bonds is 2. The van der Waals surface area contributed by atoms with Gasteiger partial charge < -0.3 is 10.2 Å². The number of hydrogen-bond donors (Lipinski definition) is 2. The predicted molar refractivity (Wildman–Crippen MR) is 97.0 cm³/mol. The average Bonchev–Trinajstić information content (AvgIpc) is 3.02. The van der Waals surface area contributed by atoms with E-state index in [0.29, 0.717) is 27.8 Å². The third-order valence-corrected chi connectivity index (χ3v) is 4.71. The zero-order valence-corrected chi connectivity index (χ0v) is 14.4. The number of hydrogen-bond acceptors (Lipinski definition) is 5. The van der Waals surface area contributed by atoms with Crippen LogP contribution < -0.4 is 21.5 Å². The highest BCUT2D eigenvalue weighted by Crippen LogP contribution is 2.29. The second kappa shape index (κ2) is 6.05. The van der Waals surface area contributed by atoms with Crippen LogP contribution in [-0.2, 0) is 7.05 Å². The number of nitrogens with zero attached hydrogens (tertiary/aromatic N) is 4. The summed E-state index contributed by atoms with van der Waals surface area (Å²) in [5, 5.41) is 3.80. The van der Waals surface area contributed by atoms with Gasteiger partial charge in [0.05, 0.1) is 10.7 Å². The standard InChI is InChI=1S/C16H17ClN6O2/c1-21-13-12(14(24)20-16(21)25)23(11-5-3-2-4-10(11)17)15(19-13)22-8-6-18-7-9-22/h2-5,18H,6-9H2,1H3,(H,20,24,25). The Kier molecular flexibility index (Phi) is 3.85. The second-order valence-electron chi connectivity index (χ2n) is 5.93. The summed E-state index contributed by atoms with van der Waals surface area (Å²) in [5.74, 6) is 0.608. The van der Waals surface area contributed by atoms with Gasteiger partial charge in [-0.15, -0.1) is 0 Å². The molecule has 1 aromatic carbocycles. The summed E-state index contributed by atoms with van der Waals surface area (Å²) in [5.41, 5.74) is 0.329. The van der Waals surface area contributed by atoms with Crippen LogP contribution in [0.25, 0.3) is 16.9 Å². The lowest BCUT2D eigenvalue weighted by atomic mass is 10.3. The van der Waals surface area contributed by atoms with Crippen molar-refractivity contribution in [3.05, 3.63) is 50.1 Å². The van der Waals surface area contributed by atoms with E-state index in [1.54, 1.807) is 17.7 Å². The van der Waals surface area contributed by atoms with E-state index in [9.17, 15) is 9.59 Å². The molecular weight excluding hydrogens is 344 g/mol. The van der Waals surface area contributed by atoms with Gasteiger partial charge in [0.15, 0.2) is 11.2 Å². The monoisotopic (exact) mass is 360 g/mol. The van der Waals surface area contributed by atoms with E-state index in [1.165, 1.54) is 4.57 Å². The summed E-state index contributed by atoms with van der Waals surface area (Å²) in [7, 11) is 1.59. The quantitative estimate of drug-likeness (QED) is 0.694. The number of benzene rings is 1. The first-order valence-corrected chi connectivity index (χ1v) is 8.38. The molecule has 0 aliphatic carbocycles. The lowest BCUT2D eigenvalue weighted by Gasteiger charge is -2.28. The predicted octanol–water partition coefficient (Wildman–Crippen LogP) is 0.476. The third-order valence-electron chi connectivity index (χ3n) is 4.39. The molecule has 2 N–H and O–H groups in total. The van der Waals surface area contributed by atoms with Crippen molar-refractivity contribution < 1.29 is 0 Å². The first kappa shape index (κ1) is 15.9. The highest BCUT2D eigenvalue weighted by Gasteiger charge is 2.24.